The lowest BCUT2D eigenvalue weighted by Gasteiger charge is -2.13. The molecule has 0 fully saturated rings. The number of nitrogens with one attached hydrogen (secondary N) is 1. The number of hydrogen-bond donors (Lipinski definition) is 1. The molecule has 5 nitrogen and oxygen atoms in total. The lowest BCUT2D eigenvalue weighted by Crippen LogP contribution is -2.29. The standard InChI is InChI=1S/C19H15ClN2O3/c1-13(19(24)22-17-8-3-2-6-15(17)12-21)25-18(23)10-9-14-5-4-7-16(20)11-14/h2-11,13H,1H3,(H,22,24)/b10-9+/t13-/m0/s1. The number of esters is 1. The molecule has 1 amide bonds. The first kappa shape index (κ1) is 18.2. The quantitative estimate of drug-likeness (QED) is 0.654. The Hall–Kier alpha value is -3.10. The second-order valence-electron chi connectivity index (χ2n) is 5.11. The molecular formula is C19H15ClN2O3. The van der Waals surface area contributed by atoms with E-state index in [0.717, 1.165) is 5.56 Å². The van der Waals surface area contributed by atoms with Crippen LogP contribution < -0.4 is 5.32 Å². The van der Waals surface area contributed by atoms with Crippen LogP contribution in [0.2, 0.25) is 5.02 Å². The lowest BCUT2D eigenvalue weighted by molar-refractivity contribution is -0.148. The van der Waals surface area contributed by atoms with Crippen LogP contribution in [0.1, 0.15) is 18.1 Å². The van der Waals surface area contributed by atoms with Crippen LogP contribution in [0.25, 0.3) is 6.08 Å². The Balaban J connectivity index is 1.94. The molecule has 2 aromatic rings. The van der Waals surface area contributed by atoms with E-state index in [2.05, 4.69) is 5.32 Å². The smallest absolute Gasteiger partial charge is 0.331 e. The van der Waals surface area contributed by atoms with E-state index >= 15 is 0 Å². The Morgan fingerprint density at radius 3 is 2.72 bits per heavy atom. The van der Waals surface area contributed by atoms with Crippen LogP contribution in [0, 0.1) is 11.3 Å². The van der Waals surface area contributed by atoms with Crippen molar-refractivity contribution in [3.05, 3.63) is 70.8 Å². The van der Waals surface area contributed by atoms with Gasteiger partial charge in [0.15, 0.2) is 6.10 Å². The summed E-state index contributed by atoms with van der Waals surface area (Å²) in [5, 5.41) is 12.1. The normalized spacial score (nSPS) is 11.6. The van der Waals surface area contributed by atoms with Gasteiger partial charge in [-0.1, -0.05) is 35.9 Å². The van der Waals surface area contributed by atoms with Gasteiger partial charge in [0.05, 0.1) is 11.3 Å². The fourth-order valence-corrected chi connectivity index (χ4v) is 2.16. The summed E-state index contributed by atoms with van der Waals surface area (Å²) in [7, 11) is 0. The molecule has 6 heteroatoms. The van der Waals surface area contributed by atoms with Crippen molar-refractivity contribution < 1.29 is 14.3 Å². The second kappa shape index (κ2) is 8.67. The summed E-state index contributed by atoms with van der Waals surface area (Å²) in [6.07, 6.45) is 1.76. The van der Waals surface area contributed by atoms with Crippen LogP contribution in [0.3, 0.4) is 0 Å². The topological polar surface area (TPSA) is 79.2 Å². The number of carbonyl (C=O) groups excluding carboxylic acids is 2. The summed E-state index contributed by atoms with van der Waals surface area (Å²) < 4.78 is 5.06. The Kier molecular flexibility index (Phi) is 6.33. The van der Waals surface area contributed by atoms with E-state index in [1.165, 1.54) is 13.0 Å². The zero-order valence-corrected chi connectivity index (χ0v) is 14.2. The fraction of sp³-hybridized carbons (Fsp3) is 0.105. The van der Waals surface area contributed by atoms with Crippen LogP contribution in [-0.2, 0) is 14.3 Å². The Labute approximate surface area is 150 Å². The number of halogens is 1. The van der Waals surface area contributed by atoms with E-state index in [0.29, 0.717) is 16.3 Å². The SMILES string of the molecule is C[C@H](OC(=O)/C=C/c1cccc(Cl)c1)C(=O)Nc1ccccc1C#N. The number of carbonyl (C=O) groups is 2. The molecular weight excluding hydrogens is 340 g/mol. The van der Waals surface area contributed by atoms with Crippen molar-refractivity contribution in [2.24, 2.45) is 0 Å². The van der Waals surface area contributed by atoms with Gasteiger partial charge in [-0.3, -0.25) is 4.79 Å². The molecule has 0 radical (unpaired) electrons. The minimum Gasteiger partial charge on any atom is -0.449 e. The number of para-hydroxylation sites is 1. The third-order valence-electron chi connectivity index (χ3n) is 3.23. The summed E-state index contributed by atoms with van der Waals surface area (Å²) in [5.74, 6) is -1.18. The molecule has 1 N–H and O–H groups in total. The van der Waals surface area contributed by atoms with Gasteiger partial charge in [0.2, 0.25) is 0 Å². The predicted octanol–water partition coefficient (Wildman–Crippen LogP) is 3.80. The average Bonchev–Trinajstić information content (AvgIpc) is 2.60. The Morgan fingerprint density at radius 2 is 2.00 bits per heavy atom. The van der Waals surface area contributed by atoms with E-state index in [1.807, 2.05) is 6.07 Å². The van der Waals surface area contributed by atoms with Crippen LogP contribution in [-0.4, -0.2) is 18.0 Å². The minimum atomic E-state index is -1.01. The number of benzene rings is 2. The highest BCUT2D eigenvalue weighted by Crippen LogP contribution is 2.14. The zero-order chi connectivity index (χ0) is 18.2. The first-order chi connectivity index (χ1) is 12.0. The highest BCUT2D eigenvalue weighted by molar-refractivity contribution is 6.30. The highest BCUT2D eigenvalue weighted by Gasteiger charge is 2.17. The summed E-state index contributed by atoms with van der Waals surface area (Å²) in [5.41, 5.74) is 1.44. The number of ether oxygens (including phenoxy) is 1. The third-order valence-corrected chi connectivity index (χ3v) is 3.46. The van der Waals surface area contributed by atoms with Crippen molar-refractivity contribution in [3.8, 4) is 6.07 Å². The number of nitrogens with zero attached hydrogens (tertiary/aromatic N) is 1. The molecule has 1 atom stereocenters. The van der Waals surface area contributed by atoms with E-state index in [4.69, 9.17) is 21.6 Å². The maximum absolute atomic E-state index is 12.1. The molecule has 126 valence electrons. The summed E-state index contributed by atoms with van der Waals surface area (Å²) in [6, 6.07) is 15.5. The van der Waals surface area contributed by atoms with E-state index < -0.39 is 18.0 Å². The summed E-state index contributed by atoms with van der Waals surface area (Å²) in [6.45, 7) is 1.45. The van der Waals surface area contributed by atoms with E-state index in [1.54, 1.807) is 54.6 Å². The fourth-order valence-electron chi connectivity index (χ4n) is 1.97. The molecule has 0 saturated carbocycles. The average molecular weight is 355 g/mol. The first-order valence-corrected chi connectivity index (χ1v) is 7.81. The molecule has 2 aromatic carbocycles. The van der Waals surface area contributed by atoms with E-state index in [9.17, 15) is 9.59 Å². The number of nitriles is 1. The number of hydrogen-bond acceptors (Lipinski definition) is 4. The van der Waals surface area contributed by atoms with Crippen molar-refractivity contribution in [1.82, 2.24) is 0 Å². The number of anilines is 1. The number of amides is 1. The van der Waals surface area contributed by atoms with Crippen molar-refractivity contribution in [2.75, 3.05) is 5.32 Å². The lowest BCUT2D eigenvalue weighted by atomic mass is 10.2. The van der Waals surface area contributed by atoms with Crippen molar-refractivity contribution in [1.29, 1.82) is 5.26 Å². The number of rotatable bonds is 5. The Morgan fingerprint density at radius 1 is 1.24 bits per heavy atom. The third kappa shape index (κ3) is 5.48. The molecule has 0 aliphatic rings. The van der Waals surface area contributed by atoms with Crippen LogP contribution in [0.4, 0.5) is 5.69 Å². The molecule has 2 rings (SSSR count). The first-order valence-electron chi connectivity index (χ1n) is 7.44. The molecule has 0 aliphatic carbocycles. The van der Waals surface area contributed by atoms with Crippen molar-refractivity contribution >= 4 is 35.2 Å². The van der Waals surface area contributed by atoms with Gasteiger partial charge >= 0.3 is 5.97 Å². The van der Waals surface area contributed by atoms with Gasteiger partial charge < -0.3 is 10.1 Å². The Bertz CT molecular complexity index is 856. The van der Waals surface area contributed by atoms with Crippen LogP contribution in [0.5, 0.6) is 0 Å². The molecule has 25 heavy (non-hydrogen) atoms. The molecule has 0 saturated heterocycles. The molecule has 0 aliphatic heterocycles. The predicted molar refractivity (Wildman–Crippen MR) is 95.8 cm³/mol. The highest BCUT2D eigenvalue weighted by atomic mass is 35.5. The second-order valence-corrected chi connectivity index (χ2v) is 5.55. The van der Waals surface area contributed by atoms with Gasteiger partial charge in [-0.2, -0.15) is 5.26 Å². The van der Waals surface area contributed by atoms with Crippen molar-refractivity contribution in [2.45, 2.75) is 13.0 Å². The van der Waals surface area contributed by atoms with E-state index in [-0.39, 0.29) is 0 Å². The molecule has 0 spiro atoms. The van der Waals surface area contributed by atoms with Gasteiger partial charge in [-0.25, -0.2) is 4.79 Å². The van der Waals surface area contributed by atoms with Gasteiger partial charge in [0.1, 0.15) is 6.07 Å². The molecule has 0 aromatic heterocycles. The zero-order valence-electron chi connectivity index (χ0n) is 13.4. The minimum absolute atomic E-state index is 0.329. The van der Waals surface area contributed by atoms with Gasteiger partial charge in [-0.05, 0) is 42.8 Å². The van der Waals surface area contributed by atoms with Crippen LogP contribution in [0.15, 0.2) is 54.6 Å². The molecule has 0 unspecified atom stereocenters. The summed E-state index contributed by atoms with van der Waals surface area (Å²) >= 11 is 5.86. The molecule has 0 heterocycles. The largest absolute Gasteiger partial charge is 0.449 e. The van der Waals surface area contributed by atoms with Crippen LogP contribution >= 0.6 is 11.6 Å². The monoisotopic (exact) mass is 354 g/mol. The molecule has 0 bridgehead atoms. The maximum Gasteiger partial charge on any atom is 0.331 e. The van der Waals surface area contributed by atoms with Gasteiger partial charge in [0.25, 0.3) is 5.91 Å². The van der Waals surface area contributed by atoms with Gasteiger partial charge in [0, 0.05) is 11.1 Å². The van der Waals surface area contributed by atoms with Crippen molar-refractivity contribution in [3.63, 3.8) is 0 Å². The van der Waals surface area contributed by atoms with Gasteiger partial charge in [-0.15, -0.1) is 0 Å². The summed E-state index contributed by atoms with van der Waals surface area (Å²) in [4.78, 5) is 23.9. The maximum atomic E-state index is 12.1.